The number of nitrogens with zero attached hydrogens (tertiary/aromatic N) is 1. The van der Waals surface area contributed by atoms with E-state index in [1.54, 1.807) is 24.0 Å². The van der Waals surface area contributed by atoms with Crippen molar-refractivity contribution in [1.82, 2.24) is 4.90 Å². The zero-order valence-electron chi connectivity index (χ0n) is 13.1. The van der Waals surface area contributed by atoms with Gasteiger partial charge in [-0.3, -0.25) is 9.59 Å². The van der Waals surface area contributed by atoms with Crippen molar-refractivity contribution in [2.45, 2.75) is 33.1 Å². The largest absolute Gasteiger partial charge is 0.466 e. The van der Waals surface area contributed by atoms with E-state index >= 15 is 0 Å². The van der Waals surface area contributed by atoms with E-state index in [1.807, 2.05) is 0 Å². The minimum atomic E-state index is -0.738. The molecule has 5 heteroatoms. The smallest absolute Gasteiger partial charge is 0.314 e. The molecular weight excluding hydrogens is 285 g/mol. The van der Waals surface area contributed by atoms with Gasteiger partial charge in [0.05, 0.1) is 12.0 Å². The number of hydrogen-bond acceptors (Lipinski definition) is 3. The van der Waals surface area contributed by atoms with Gasteiger partial charge in [0.2, 0.25) is 5.91 Å². The summed E-state index contributed by atoms with van der Waals surface area (Å²) in [6, 6.07) is 6.14. The summed E-state index contributed by atoms with van der Waals surface area (Å²) in [5.41, 5.74) is 0.137. The summed E-state index contributed by atoms with van der Waals surface area (Å²) >= 11 is 0. The number of piperidine rings is 1. The molecule has 0 N–H and O–H groups in total. The second kappa shape index (κ2) is 6.90. The van der Waals surface area contributed by atoms with E-state index in [0.717, 1.165) is 12.0 Å². The average Bonchev–Trinajstić information content (AvgIpc) is 2.50. The normalized spacial score (nSPS) is 21.5. The van der Waals surface area contributed by atoms with Gasteiger partial charge in [-0.25, -0.2) is 4.39 Å². The SMILES string of the molecule is CCOC(=O)[C@@]1(Cc2ccc(F)cc2)CCCN(C(C)=O)C1. The highest BCUT2D eigenvalue weighted by Crippen LogP contribution is 2.35. The molecule has 2 rings (SSSR count). The number of rotatable bonds is 4. The van der Waals surface area contributed by atoms with Crippen LogP contribution in [0, 0.1) is 11.2 Å². The van der Waals surface area contributed by atoms with Gasteiger partial charge in [-0.15, -0.1) is 0 Å². The molecular formula is C17H22FNO3. The van der Waals surface area contributed by atoms with E-state index in [2.05, 4.69) is 0 Å². The van der Waals surface area contributed by atoms with Crippen LogP contribution in [0.15, 0.2) is 24.3 Å². The number of ether oxygens (including phenoxy) is 1. The Bertz CT molecular complexity index is 543. The van der Waals surface area contributed by atoms with Gasteiger partial charge in [-0.2, -0.15) is 0 Å². The van der Waals surface area contributed by atoms with Crippen LogP contribution in [-0.4, -0.2) is 36.5 Å². The van der Waals surface area contributed by atoms with E-state index in [4.69, 9.17) is 4.74 Å². The van der Waals surface area contributed by atoms with E-state index in [1.165, 1.54) is 19.1 Å². The summed E-state index contributed by atoms with van der Waals surface area (Å²) in [6.45, 7) is 4.62. The van der Waals surface area contributed by atoms with E-state index in [0.29, 0.717) is 32.5 Å². The van der Waals surface area contributed by atoms with Crippen molar-refractivity contribution in [2.24, 2.45) is 5.41 Å². The molecule has 0 saturated carbocycles. The van der Waals surface area contributed by atoms with Gasteiger partial charge in [0.1, 0.15) is 5.82 Å². The van der Waals surface area contributed by atoms with Crippen LogP contribution in [0.4, 0.5) is 4.39 Å². The minimum Gasteiger partial charge on any atom is -0.466 e. The number of amides is 1. The molecule has 0 aliphatic carbocycles. The summed E-state index contributed by atoms with van der Waals surface area (Å²) in [4.78, 5) is 25.9. The van der Waals surface area contributed by atoms with Crippen molar-refractivity contribution in [3.05, 3.63) is 35.6 Å². The predicted molar refractivity (Wildman–Crippen MR) is 80.7 cm³/mol. The first-order valence-corrected chi connectivity index (χ1v) is 7.64. The summed E-state index contributed by atoms with van der Waals surface area (Å²) in [5.74, 6) is -0.610. The lowest BCUT2D eigenvalue weighted by atomic mass is 9.75. The molecule has 1 aromatic rings. The van der Waals surface area contributed by atoms with Crippen molar-refractivity contribution in [2.75, 3.05) is 19.7 Å². The molecule has 1 heterocycles. The summed E-state index contributed by atoms with van der Waals surface area (Å²) in [6.07, 6.45) is 1.89. The first kappa shape index (κ1) is 16.5. The Kier molecular flexibility index (Phi) is 5.16. The number of benzene rings is 1. The first-order chi connectivity index (χ1) is 10.5. The van der Waals surface area contributed by atoms with E-state index < -0.39 is 5.41 Å². The van der Waals surface area contributed by atoms with Crippen LogP contribution in [0.5, 0.6) is 0 Å². The molecule has 4 nitrogen and oxygen atoms in total. The Labute approximate surface area is 130 Å². The summed E-state index contributed by atoms with van der Waals surface area (Å²) in [7, 11) is 0. The second-order valence-corrected chi connectivity index (χ2v) is 5.85. The third kappa shape index (κ3) is 3.64. The molecule has 1 saturated heterocycles. The molecule has 1 aliphatic heterocycles. The van der Waals surface area contributed by atoms with Crippen molar-refractivity contribution < 1.29 is 18.7 Å². The number of esters is 1. The van der Waals surface area contributed by atoms with Gasteiger partial charge in [-0.1, -0.05) is 12.1 Å². The van der Waals surface area contributed by atoms with Gasteiger partial charge in [0.15, 0.2) is 0 Å². The van der Waals surface area contributed by atoms with Crippen molar-refractivity contribution in [3.63, 3.8) is 0 Å². The fourth-order valence-corrected chi connectivity index (χ4v) is 3.06. The lowest BCUT2D eigenvalue weighted by Crippen LogP contribution is -2.51. The molecule has 1 aromatic carbocycles. The maximum atomic E-state index is 13.1. The third-order valence-electron chi connectivity index (χ3n) is 4.19. The van der Waals surface area contributed by atoms with Gasteiger partial charge < -0.3 is 9.64 Å². The quantitative estimate of drug-likeness (QED) is 0.803. The molecule has 1 atom stereocenters. The molecule has 1 fully saturated rings. The lowest BCUT2D eigenvalue weighted by molar-refractivity contribution is -0.160. The maximum Gasteiger partial charge on any atom is 0.314 e. The Balaban J connectivity index is 2.26. The lowest BCUT2D eigenvalue weighted by Gasteiger charge is -2.40. The number of halogens is 1. The van der Waals surface area contributed by atoms with Crippen molar-refractivity contribution in [1.29, 1.82) is 0 Å². The molecule has 0 radical (unpaired) electrons. The highest BCUT2D eigenvalue weighted by Gasteiger charge is 2.44. The molecule has 0 unspecified atom stereocenters. The fraction of sp³-hybridized carbons (Fsp3) is 0.529. The van der Waals surface area contributed by atoms with Crippen LogP contribution in [0.2, 0.25) is 0 Å². The average molecular weight is 307 g/mol. The topological polar surface area (TPSA) is 46.6 Å². The Hall–Kier alpha value is -1.91. The van der Waals surface area contributed by atoms with Crippen LogP contribution in [0.25, 0.3) is 0 Å². The zero-order chi connectivity index (χ0) is 16.2. The molecule has 0 spiro atoms. The van der Waals surface area contributed by atoms with E-state index in [-0.39, 0.29) is 17.7 Å². The van der Waals surface area contributed by atoms with Crippen LogP contribution in [0.1, 0.15) is 32.3 Å². The molecule has 22 heavy (non-hydrogen) atoms. The fourth-order valence-electron chi connectivity index (χ4n) is 3.06. The van der Waals surface area contributed by atoms with Gasteiger partial charge >= 0.3 is 5.97 Å². The summed E-state index contributed by atoms with van der Waals surface area (Å²) < 4.78 is 18.3. The third-order valence-corrected chi connectivity index (χ3v) is 4.19. The highest BCUT2D eigenvalue weighted by atomic mass is 19.1. The minimum absolute atomic E-state index is 0.0347. The monoisotopic (exact) mass is 307 g/mol. The van der Waals surface area contributed by atoms with Crippen LogP contribution < -0.4 is 0 Å². The standard InChI is InChI=1S/C17H22FNO3/c1-3-22-16(21)17(9-4-10-19(12-17)13(2)20)11-14-5-7-15(18)8-6-14/h5-8H,3-4,9-12H2,1-2H3/t17-/m1/s1. The number of carbonyl (C=O) groups is 2. The number of hydrogen-bond donors (Lipinski definition) is 0. The summed E-state index contributed by atoms with van der Waals surface area (Å²) in [5, 5.41) is 0. The Morgan fingerprint density at radius 1 is 1.32 bits per heavy atom. The van der Waals surface area contributed by atoms with Gasteiger partial charge in [0, 0.05) is 20.0 Å². The van der Waals surface area contributed by atoms with Crippen LogP contribution in [0.3, 0.4) is 0 Å². The highest BCUT2D eigenvalue weighted by molar-refractivity contribution is 5.80. The zero-order valence-corrected chi connectivity index (χ0v) is 13.1. The molecule has 120 valence electrons. The van der Waals surface area contributed by atoms with E-state index in [9.17, 15) is 14.0 Å². The first-order valence-electron chi connectivity index (χ1n) is 7.64. The van der Waals surface area contributed by atoms with Gasteiger partial charge in [-0.05, 0) is 43.9 Å². The Morgan fingerprint density at radius 2 is 2.00 bits per heavy atom. The maximum absolute atomic E-state index is 13.1. The van der Waals surface area contributed by atoms with Crippen molar-refractivity contribution in [3.8, 4) is 0 Å². The molecule has 0 aromatic heterocycles. The number of carbonyl (C=O) groups excluding carboxylic acids is 2. The molecule has 0 bridgehead atoms. The van der Waals surface area contributed by atoms with Gasteiger partial charge in [0.25, 0.3) is 0 Å². The van der Waals surface area contributed by atoms with Crippen molar-refractivity contribution >= 4 is 11.9 Å². The number of likely N-dealkylation sites (tertiary alicyclic amines) is 1. The second-order valence-electron chi connectivity index (χ2n) is 5.85. The molecule has 1 aliphatic rings. The van der Waals surface area contributed by atoms with Crippen LogP contribution in [-0.2, 0) is 20.7 Å². The Morgan fingerprint density at radius 3 is 2.59 bits per heavy atom. The predicted octanol–water partition coefficient (Wildman–Crippen LogP) is 2.56. The van der Waals surface area contributed by atoms with Crippen LogP contribution >= 0.6 is 0 Å². The molecule has 1 amide bonds.